The molecule has 3 aliphatic rings. The van der Waals surface area contributed by atoms with E-state index in [9.17, 15) is 13.2 Å². The van der Waals surface area contributed by atoms with Crippen molar-refractivity contribution in [1.82, 2.24) is 0 Å². The van der Waals surface area contributed by atoms with Gasteiger partial charge in [0, 0.05) is 11.8 Å². The van der Waals surface area contributed by atoms with Crippen molar-refractivity contribution in [3.05, 3.63) is 29.3 Å². The average Bonchev–Trinajstić information content (AvgIpc) is 2.81. The zero-order valence-electron chi connectivity index (χ0n) is 13.8. The number of ketones is 1. The summed E-state index contributed by atoms with van der Waals surface area (Å²) >= 11 is 0. The Hall–Kier alpha value is -1.40. The fourth-order valence-electron chi connectivity index (χ4n) is 5.52. The van der Waals surface area contributed by atoms with Crippen LogP contribution >= 0.6 is 0 Å². The van der Waals surface area contributed by atoms with Crippen LogP contribution in [-0.4, -0.2) is 14.2 Å². The highest BCUT2D eigenvalue weighted by molar-refractivity contribution is 7.84. The van der Waals surface area contributed by atoms with Crippen molar-refractivity contribution in [2.45, 2.75) is 51.4 Å². The van der Waals surface area contributed by atoms with Crippen LogP contribution in [0.1, 0.15) is 56.1 Å². The van der Waals surface area contributed by atoms with E-state index in [1.807, 2.05) is 12.1 Å². The van der Waals surface area contributed by atoms with E-state index in [1.54, 1.807) is 6.07 Å². The Morgan fingerprint density at radius 2 is 2.00 bits per heavy atom. The second-order valence-corrected chi connectivity index (χ2v) is 8.92. The van der Waals surface area contributed by atoms with E-state index in [0.29, 0.717) is 23.5 Å². The van der Waals surface area contributed by atoms with E-state index in [-0.39, 0.29) is 11.2 Å². The third-order valence-electron chi connectivity index (χ3n) is 6.62. The summed E-state index contributed by atoms with van der Waals surface area (Å²) in [7, 11) is -3.99. The summed E-state index contributed by atoms with van der Waals surface area (Å²) in [6, 6.07) is 5.49. The third-order valence-corrected chi connectivity index (χ3v) is 7.04. The first-order chi connectivity index (χ1) is 11.3. The fourth-order valence-corrected chi connectivity index (χ4v) is 5.89. The van der Waals surface area contributed by atoms with Crippen molar-refractivity contribution in [3.8, 4) is 5.75 Å². The van der Waals surface area contributed by atoms with Crippen LogP contribution in [0.15, 0.2) is 18.2 Å². The summed E-state index contributed by atoms with van der Waals surface area (Å²) in [6.07, 6.45) is 5.72. The molecule has 0 saturated heterocycles. The number of carbonyl (C=O) groups excluding carboxylic acids is 1. The minimum absolute atomic E-state index is 0.116. The number of benzene rings is 1. The van der Waals surface area contributed by atoms with Gasteiger partial charge in [-0.1, -0.05) is 13.0 Å². The van der Waals surface area contributed by atoms with Gasteiger partial charge in [0.2, 0.25) is 0 Å². The lowest BCUT2D eigenvalue weighted by Gasteiger charge is -2.48. The molecular formula is C18H23NO4S. The van der Waals surface area contributed by atoms with Gasteiger partial charge in [-0.3, -0.25) is 4.79 Å². The number of fused-ring (bicyclic) bond motifs is 5. The maximum atomic E-state index is 12.3. The van der Waals surface area contributed by atoms with Gasteiger partial charge in [0.05, 0.1) is 0 Å². The normalized spacial score (nSPS) is 35.1. The van der Waals surface area contributed by atoms with Gasteiger partial charge >= 0.3 is 10.3 Å². The van der Waals surface area contributed by atoms with E-state index in [1.165, 1.54) is 5.56 Å². The average molecular weight is 349 g/mol. The second-order valence-electron chi connectivity index (χ2n) is 7.77. The van der Waals surface area contributed by atoms with Crippen molar-refractivity contribution in [3.63, 3.8) is 0 Å². The number of rotatable bonds is 2. The first-order valence-electron chi connectivity index (χ1n) is 8.66. The molecule has 0 bridgehead atoms. The summed E-state index contributed by atoms with van der Waals surface area (Å²) in [5.41, 5.74) is 2.34. The highest BCUT2D eigenvalue weighted by atomic mass is 32.2. The molecule has 2 saturated carbocycles. The Morgan fingerprint density at radius 1 is 1.21 bits per heavy atom. The Labute approximate surface area is 142 Å². The minimum atomic E-state index is -3.99. The molecule has 0 radical (unpaired) electrons. The molecule has 6 heteroatoms. The molecule has 4 rings (SSSR count). The molecule has 2 fully saturated rings. The van der Waals surface area contributed by atoms with Crippen LogP contribution in [0.5, 0.6) is 5.75 Å². The molecule has 0 aromatic heterocycles. The van der Waals surface area contributed by atoms with E-state index in [4.69, 9.17) is 9.32 Å². The molecule has 3 aliphatic carbocycles. The van der Waals surface area contributed by atoms with Gasteiger partial charge < -0.3 is 4.18 Å². The van der Waals surface area contributed by atoms with Crippen LogP contribution in [0.2, 0.25) is 0 Å². The van der Waals surface area contributed by atoms with Crippen molar-refractivity contribution in [1.29, 1.82) is 0 Å². The molecule has 130 valence electrons. The largest absolute Gasteiger partial charge is 0.380 e. The molecule has 4 atom stereocenters. The highest BCUT2D eigenvalue weighted by Gasteiger charge is 2.54. The Morgan fingerprint density at radius 3 is 2.75 bits per heavy atom. The molecule has 0 amide bonds. The number of nitrogens with two attached hydrogens (primary N) is 1. The van der Waals surface area contributed by atoms with Crippen molar-refractivity contribution >= 4 is 16.1 Å². The van der Waals surface area contributed by atoms with Gasteiger partial charge in [-0.05, 0) is 73.1 Å². The molecule has 1 aromatic carbocycles. The fraction of sp³-hybridized carbons (Fsp3) is 0.611. The van der Waals surface area contributed by atoms with Gasteiger partial charge in [-0.15, -0.1) is 0 Å². The topological polar surface area (TPSA) is 86.5 Å². The molecule has 1 aromatic rings. The van der Waals surface area contributed by atoms with Gasteiger partial charge in [0.15, 0.2) is 0 Å². The lowest BCUT2D eigenvalue weighted by atomic mass is 9.55. The Balaban J connectivity index is 1.65. The first-order valence-corrected chi connectivity index (χ1v) is 10.1. The summed E-state index contributed by atoms with van der Waals surface area (Å²) in [4.78, 5) is 12.3. The molecule has 0 aliphatic heterocycles. The quantitative estimate of drug-likeness (QED) is 0.889. The van der Waals surface area contributed by atoms with E-state index in [2.05, 4.69) is 6.92 Å². The van der Waals surface area contributed by atoms with Crippen LogP contribution in [0, 0.1) is 17.3 Å². The van der Waals surface area contributed by atoms with E-state index in [0.717, 1.165) is 44.1 Å². The van der Waals surface area contributed by atoms with Crippen LogP contribution < -0.4 is 9.32 Å². The highest BCUT2D eigenvalue weighted by Crippen LogP contribution is 2.59. The lowest BCUT2D eigenvalue weighted by molar-refractivity contribution is -0.129. The molecular weight excluding hydrogens is 326 g/mol. The molecule has 0 spiro atoms. The zero-order chi connectivity index (χ0) is 17.1. The summed E-state index contributed by atoms with van der Waals surface area (Å²) < 4.78 is 27.0. The summed E-state index contributed by atoms with van der Waals surface area (Å²) in [6.45, 7) is 2.17. The van der Waals surface area contributed by atoms with Crippen LogP contribution in [0.25, 0.3) is 0 Å². The number of hydrogen-bond acceptors (Lipinski definition) is 4. The SMILES string of the molecule is C[C@@]12CC[C@H]3c4ccc(OS(N)(=O)=O)cc4CC[C@@H]3[C@H]1CCC2=O. The second kappa shape index (κ2) is 5.30. The number of Topliss-reactive ketones (excluding diaryl/α,β-unsaturated/α-hetero) is 1. The molecule has 0 heterocycles. The van der Waals surface area contributed by atoms with E-state index < -0.39 is 10.3 Å². The van der Waals surface area contributed by atoms with Crippen molar-refractivity contribution in [2.75, 3.05) is 0 Å². The van der Waals surface area contributed by atoms with Gasteiger partial charge in [0.1, 0.15) is 11.5 Å². The Bertz CT molecular complexity index is 803. The smallest absolute Gasteiger partial charge is 0.371 e. The van der Waals surface area contributed by atoms with Gasteiger partial charge in [0.25, 0.3) is 0 Å². The summed E-state index contributed by atoms with van der Waals surface area (Å²) in [5, 5.41) is 4.95. The number of aryl methyl sites for hydroxylation is 1. The van der Waals surface area contributed by atoms with Crippen LogP contribution in [0.4, 0.5) is 0 Å². The third kappa shape index (κ3) is 2.47. The van der Waals surface area contributed by atoms with Crippen LogP contribution in [-0.2, 0) is 21.5 Å². The first kappa shape index (κ1) is 16.1. The molecule has 5 nitrogen and oxygen atoms in total. The van der Waals surface area contributed by atoms with Gasteiger partial charge in [-0.2, -0.15) is 13.6 Å². The summed E-state index contributed by atoms with van der Waals surface area (Å²) in [5.74, 6) is 2.27. The predicted molar refractivity (Wildman–Crippen MR) is 89.8 cm³/mol. The number of hydrogen-bond donors (Lipinski definition) is 1. The molecule has 0 unspecified atom stereocenters. The maximum absolute atomic E-state index is 12.3. The van der Waals surface area contributed by atoms with E-state index >= 15 is 0 Å². The standard InChI is InChI=1S/C18H23NO4S/c1-18-9-8-14-13-5-3-12(23-24(19,21)22)10-11(13)2-4-15(14)16(18)6-7-17(18)20/h3,5,10,14-16H,2,4,6-9H2,1H3,(H2,19,21,22)/t14-,15-,16+,18+/m0/s1. The lowest BCUT2D eigenvalue weighted by Crippen LogP contribution is -2.42. The molecule has 2 N–H and O–H groups in total. The van der Waals surface area contributed by atoms with Crippen LogP contribution in [0.3, 0.4) is 0 Å². The monoisotopic (exact) mass is 349 g/mol. The minimum Gasteiger partial charge on any atom is -0.371 e. The van der Waals surface area contributed by atoms with Crippen molar-refractivity contribution in [2.24, 2.45) is 22.4 Å². The zero-order valence-corrected chi connectivity index (χ0v) is 14.6. The molecule has 24 heavy (non-hydrogen) atoms. The predicted octanol–water partition coefficient (Wildman–Crippen LogP) is 2.69. The maximum Gasteiger partial charge on any atom is 0.380 e. The van der Waals surface area contributed by atoms with Crippen molar-refractivity contribution < 1.29 is 17.4 Å². The van der Waals surface area contributed by atoms with Gasteiger partial charge in [-0.25, -0.2) is 0 Å². The number of carbonyl (C=O) groups is 1. The Kier molecular flexibility index (Phi) is 3.55.